The van der Waals surface area contributed by atoms with E-state index in [0.717, 1.165) is 30.6 Å². The number of hydrogen-bond donors (Lipinski definition) is 1. The van der Waals surface area contributed by atoms with Gasteiger partial charge in [-0.05, 0) is 43.6 Å². The van der Waals surface area contributed by atoms with Gasteiger partial charge in [-0.1, -0.05) is 54.6 Å². The number of anilines is 1. The van der Waals surface area contributed by atoms with Crippen LogP contribution < -0.4 is 10.1 Å². The van der Waals surface area contributed by atoms with E-state index in [4.69, 9.17) is 4.74 Å². The first-order chi connectivity index (χ1) is 15.7. The molecule has 1 N–H and O–H groups in total. The van der Waals surface area contributed by atoms with Crippen LogP contribution in [0.1, 0.15) is 30.7 Å². The molecule has 0 unspecified atom stereocenters. The molecule has 1 fully saturated rings. The first-order valence-electron chi connectivity index (χ1n) is 11.0. The lowest BCUT2D eigenvalue weighted by Crippen LogP contribution is -2.30. The molecular weight excluding hydrogens is 422 g/mol. The molecule has 4 rings (SSSR count). The lowest BCUT2D eigenvalue weighted by molar-refractivity contribution is -0.113. The molecule has 7 nitrogen and oxygen atoms in total. The van der Waals surface area contributed by atoms with E-state index in [9.17, 15) is 4.79 Å². The summed E-state index contributed by atoms with van der Waals surface area (Å²) in [6.45, 7) is 3.68. The smallest absolute Gasteiger partial charge is 0.234 e. The molecule has 1 aromatic heterocycles. The van der Waals surface area contributed by atoms with Crippen LogP contribution in [-0.4, -0.2) is 51.5 Å². The number of hydrogen-bond acceptors (Lipinski definition) is 6. The average Bonchev–Trinajstić information content (AvgIpc) is 3.20. The fraction of sp³-hybridized carbons (Fsp3) is 0.375. The topological polar surface area (TPSA) is 72.3 Å². The molecule has 8 heteroatoms. The Balaban J connectivity index is 1.44. The SMILES string of the molecule is COc1cccc(NC(=O)CSc2nnc(CN3CCCCC3)n2Cc2ccccc2)c1. The van der Waals surface area contributed by atoms with Gasteiger partial charge in [0.2, 0.25) is 5.91 Å². The minimum absolute atomic E-state index is 0.0879. The van der Waals surface area contributed by atoms with Crippen LogP contribution in [0.3, 0.4) is 0 Å². The number of ether oxygens (including phenoxy) is 1. The number of thioether (sulfide) groups is 1. The van der Waals surface area contributed by atoms with Crippen molar-refractivity contribution in [2.45, 2.75) is 37.5 Å². The highest BCUT2D eigenvalue weighted by molar-refractivity contribution is 7.99. The highest BCUT2D eigenvalue weighted by Gasteiger charge is 2.18. The monoisotopic (exact) mass is 451 g/mol. The lowest BCUT2D eigenvalue weighted by Gasteiger charge is -2.26. The predicted octanol–water partition coefficient (Wildman–Crippen LogP) is 4.05. The molecule has 0 spiro atoms. The summed E-state index contributed by atoms with van der Waals surface area (Å²) in [6, 6.07) is 17.7. The summed E-state index contributed by atoms with van der Waals surface area (Å²) in [6.07, 6.45) is 3.77. The van der Waals surface area contributed by atoms with Gasteiger partial charge in [0.05, 0.1) is 26.0 Å². The van der Waals surface area contributed by atoms with E-state index in [1.54, 1.807) is 13.2 Å². The third kappa shape index (κ3) is 6.11. The molecule has 2 aromatic carbocycles. The van der Waals surface area contributed by atoms with Gasteiger partial charge in [-0.15, -0.1) is 10.2 Å². The van der Waals surface area contributed by atoms with E-state index < -0.39 is 0 Å². The molecule has 3 aromatic rings. The number of likely N-dealkylation sites (tertiary alicyclic amines) is 1. The van der Waals surface area contributed by atoms with Crippen molar-refractivity contribution in [3.05, 3.63) is 66.0 Å². The average molecular weight is 452 g/mol. The maximum Gasteiger partial charge on any atom is 0.234 e. The summed E-state index contributed by atoms with van der Waals surface area (Å²) in [5, 5.41) is 12.6. The summed E-state index contributed by atoms with van der Waals surface area (Å²) in [4.78, 5) is 15.0. The number of carbonyl (C=O) groups excluding carboxylic acids is 1. The van der Waals surface area contributed by atoms with Gasteiger partial charge in [-0.25, -0.2) is 0 Å². The zero-order valence-corrected chi connectivity index (χ0v) is 19.2. The Hall–Kier alpha value is -2.84. The first kappa shape index (κ1) is 22.4. The van der Waals surface area contributed by atoms with Crippen LogP contribution in [0.15, 0.2) is 59.8 Å². The van der Waals surface area contributed by atoms with Crippen LogP contribution in [0, 0.1) is 0 Å². The Kier molecular flexibility index (Phi) is 7.79. The molecule has 168 valence electrons. The number of methoxy groups -OCH3 is 1. The lowest BCUT2D eigenvalue weighted by atomic mass is 10.1. The van der Waals surface area contributed by atoms with Crippen molar-refractivity contribution in [2.75, 3.05) is 31.3 Å². The third-order valence-electron chi connectivity index (χ3n) is 5.48. The zero-order valence-electron chi connectivity index (χ0n) is 18.4. The number of nitrogens with zero attached hydrogens (tertiary/aromatic N) is 4. The summed E-state index contributed by atoms with van der Waals surface area (Å²) in [5.41, 5.74) is 1.90. The fourth-order valence-corrected chi connectivity index (χ4v) is 4.57. The first-order valence-corrected chi connectivity index (χ1v) is 11.9. The van der Waals surface area contributed by atoms with E-state index in [0.29, 0.717) is 18.0 Å². The Labute approximate surface area is 193 Å². The second-order valence-electron chi connectivity index (χ2n) is 7.88. The van der Waals surface area contributed by atoms with Gasteiger partial charge in [-0.3, -0.25) is 9.69 Å². The normalized spacial score (nSPS) is 14.3. The molecule has 0 radical (unpaired) electrons. The number of nitrogens with one attached hydrogen (secondary N) is 1. The molecule has 0 saturated carbocycles. The summed E-state index contributed by atoms with van der Waals surface area (Å²) in [7, 11) is 1.61. The summed E-state index contributed by atoms with van der Waals surface area (Å²) >= 11 is 1.41. The largest absolute Gasteiger partial charge is 0.497 e. The zero-order chi connectivity index (χ0) is 22.2. The Bertz CT molecular complexity index is 1020. The van der Waals surface area contributed by atoms with E-state index in [1.807, 2.05) is 36.4 Å². The van der Waals surface area contributed by atoms with Crippen LogP contribution in [-0.2, 0) is 17.9 Å². The van der Waals surface area contributed by atoms with Crippen molar-refractivity contribution in [1.82, 2.24) is 19.7 Å². The molecule has 2 heterocycles. The van der Waals surface area contributed by atoms with Crippen molar-refractivity contribution in [3.63, 3.8) is 0 Å². The third-order valence-corrected chi connectivity index (χ3v) is 6.44. The molecule has 0 bridgehead atoms. The van der Waals surface area contributed by atoms with Gasteiger partial charge in [0.1, 0.15) is 11.6 Å². The van der Waals surface area contributed by atoms with Crippen molar-refractivity contribution in [1.29, 1.82) is 0 Å². The van der Waals surface area contributed by atoms with Gasteiger partial charge in [0, 0.05) is 11.8 Å². The van der Waals surface area contributed by atoms with Crippen LogP contribution in [0.4, 0.5) is 5.69 Å². The number of carbonyl (C=O) groups is 1. The number of rotatable bonds is 9. The van der Waals surface area contributed by atoms with Crippen LogP contribution in [0.25, 0.3) is 0 Å². The van der Waals surface area contributed by atoms with Crippen molar-refractivity contribution >= 4 is 23.4 Å². The maximum atomic E-state index is 12.5. The number of aromatic nitrogens is 3. The molecule has 0 atom stereocenters. The number of amides is 1. The van der Waals surface area contributed by atoms with E-state index in [2.05, 4.69) is 37.1 Å². The predicted molar refractivity (Wildman–Crippen MR) is 127 cm³/mol. The van der Waals surface area contributed by atoms with Gasteiger partial charge in [0.15, 0.2) is 5.16 Å². The second kappa shape index (κ2) is 11.2. The van der Waals surface area contributed by atoms with Crippen molar-refractivity contribution < 1.29 is 9.53 Å². The summed E-state index contributed by atoms with van der Waals surface area (Å²) in [5.74, 6) is 1.83. The highest BCUT2D eigenvalue weighted by atomic mass is 32.2. The minimum Gasteiger partial charge on any atom is -0.497 e. The standard InChI is InChI=1S/C24H29N5O2S/c1-31-21-12-8-11-20(15-21)25-23(30)18-32-24-27-26-22(17-28-13-6-3-7-14-28)29(24)16-19-9-4-2-5-10-19/h2,4-5,8-12,15H,3,6-7,13-14,16-18H2,1H3,(H,25,30). The Morgan fingerprint density at radius 1 is 1.03 bits per heavy atom. The van der Waals surface area contributed by atoms with E-state index in [1.165, 1.54) is 36.6 Å². The Morgan fingerprint density at radius 3 is 2.62 bits per heavy atom. The van der Waals surface area contributed by atoms with Gasteiger partial charge < -0.3 is 14.6 Å². The molecular formula is C24H29N5O2S. The molecule has 1 amide bonds. The van der Waals surface area contributed by atoms with E-state index in [-0.39, 0.29) is 11.7 Å². The Morgan fingerprint density at radius 2 is 1.84 bits per heavy atom. The number of piperidine rings is 1. The molecule has 1 saturated heterocycles. The van der Waals surface area contributed by atoms with Gasteiger partial charge >= 0.3 is 0 Å². The quantitative estimate of drug-likeness (QED) is 0.495. The van der Waals surface area contributed by atoms with Crippen molar-refractivity contribution in [2.24, 2.45) is 0 Å². The second-order valence-corrected chi connectivity index (χ2v) is 8.82. The highest BCUT2D eigenvalue weighted by Crippen LogP contribution is 2.22. The van der Waals surface area contributed by atoms with Gasteiger partial charge in [0.25, 0.3) is 0 Å². The molecule has 1 aliphatic heterocycles. The minimum atomic E-state index is -0.0879. The summed E-state index contributed by atoms with van der Waals surface area (Å²) < 4.78 is 7.37. The van der Waals surface area contributed by atoms with Crippen LogP contribution in [0.2, 0.25) is 0 Å². The maximum absolute atomic E-state index is 12.5. The van der Waals surface area contributed by atoms with Crippen LogP contribution >= 0.6 is 11.8 Å². The number of benzene rings is 2. The van der Waals surface area contributed by atoms with E-state index >= 15 is 0 Å². The molecule has 1 aliphatic rings. The van der Waals surface area contributed by atoms with Crippen molar-refractivity contribution in [3.8, 4) is 5.75 Å². The molecule has 0 aliphatic carbocycles. The van der Waals surface area contributed by atoms with Crippen LogP contribution in [0.5, 0.6) is 5.75 Å². The molecule has 32 heavy (non-hydrogen) atoms. The van der Waals surface area contributed by atoms with Gasteiger partial charge in [-0.2, -0.15) is 0 Å². The fourth-order valence-electron chi connectivity index (χ4n) is 3.81.